The lowest BCUT2D eigenvalue weighted by Crippen LogP contribution is -2.57. The Kier molecular flexibility index (Phi) is 3.93. The van der Waals surface area contributed by atoms with Crippen LogP contribution in [0.3, 0.4) is 0 Å². The summed E-state index contributed by atoms with van der Waals surface area (Å²) in [5.41, 5.74) is 5.97. The third kappa shape index (κ3) is 2.10. The summed E-state index contributed by atoms with van der Waals surface area (Å²) in [5, 5.41) is 0. The molecule has 0 bridgehead atoms. The summed E-state index contributed by atoms with van der Waals surface area (Å²) in [6.07, 6.45) is 1.07. The molecule has 0 aromatic heterocycles. The van der Waals surface area contributed by atoms with Gasteiger partial charge in [-0.05, 0) is 26.3 Å². The Hall–Kier alpha value is -0.120. The van der Waals surface area contributed by atoms with Gasteiger partial charge in [-0.25, -0.2) is 0 Å². The van der Waals surface area contributed by atoms with Gasteiger partial charge in [0.1, 0.15) is 0 Å². The predicted molar refractivity (Wildman–Crippen MR) is 59.3 cm³/mol. The summed E-state index contributed by atoms with van der Waals surface area (Å²) in [5.74, 6) is 0.657. The molecule has 2 atom stereocenters. The molecule has 2 N–H and O–H groups in total. The molecule has 1 heterocycles. The number of nitrogens with two attached hydrogens (primary N) is 1. The minimum atomic E-state index is 0.0870. The molecule has 0 radical (unpaired) electrons. The van der Waals surface area contributed by atoms with Crippen LogP contribution in [0.5, 0.6) is 0 Å². The van der Waals surface area contributed by atoms with E-state index in [1.165, 1.54) is 0 Å². The van der Waals surface area contributed by atoms with Crippen molar-refractivity contribution in [1.82, 2.24) is 4.90 Å². The van der Waals surface area contributed by atoms with Crippen molar-refractivity contribution < 1.29 is 4.74 Å². The maximum atomic E-state index is 5.89. The van der Waals surface area contributed by atoms with E-state index in [4.69, 9.17) is 10.5 Å². The van der Waals surface area contributed by atoms with Crippen LogP contribution in [-0.4, -0.2) is 43.3 Å². The maximum Gasteiger partial charge on any atom is 0.0663 e. The first-order valence-corrected chi connectivity index (χ1v) is 5.54. The van der Waals surface area contributed by atoms with E-state index in [0.29, 0.717) is 18.5 Å². The monoisotopic (exact) mass is 200 g/mol. The number of hydrogen-bond donors (Lipinski definition) is 1. The van der Waals surface area contributed by atoms with Crippen LogP contribution >= 0.6 is 0 Å². The second-order valence-electron chi connectivity index (χ2n) is 4.83. The van der Waals surface area contributed by atoms with E-state index in [0.717, 1.165) is 19.6 Å². The lowest BCUT2D eigenvalue weighted by atomic mass is 9.92. The normalized spacial score (nSPS) is 30.2. The molecule has 2 unspecified atom stereocenters. The number of rotatable bonds is 4. The molecule has 0 aromatic carbocycles. The van der Waals surface area contributed by atoms with Crippen LogP contribution in [0.2, 0.25) is 0 Å². The van der Waals surface area contributed by atoms with Crippen LogP contribution in [0, 0.1) is 5.92 Å². The zero-order chi connectivity index (χ0) is 10.8. The third-order valence-corrected chi connectivity index (χ3v) is 3.79. The summed E-state index contributed by atoms with van der Waals surface area (Å²) >= 11 is 0. The second-order valence-corrected chi connectivity index (χ2v) is 4.83. The molecule has 0 amide bonds. The largest absolute Gasteiger partial charge is 0.379 e. The summed E-state index contributed by atoms with van der Waals surface area (Å²) < 4.78 is 5.48. The van der Waals surface area contributed by atoms with Crippen LogP contribution in [0.4, 0.5) is 0 Å². The summed E-state index contributed by atoms with van der Waals surface area (Å²) in [6, 6.07) is 0.556. The fourth-order valence-corrected chi connectivity index (χ4v) is 2.06. The van der Waals surface area contributed by atoms with Crippen molar-refractivity contribution in [3.63, 3.8) is 0 Å². The fourth-order valence-electron chi connectivity index (χ4n) is 2.06. The molecule has 1 aliphatic heterocycles. The third-order valence-electron chi connectivity index (χ3n) is 3.79. The van der Waals surface area contributed by atoms with E-state index in [1.807, 2.05) is 0 Å². The molecule has 14 heavy (non-hydrogen) atoms. The molecule has 84 valence electrons. The molecule has 0 aromatic rings. The van der Waals surface area contributed by atoms with Gasteiger partial charge in [0.25, 0.3) is 0 Å². The van der Waals surface area contributed by atoms with Crippen molar-refractivity contribution in [3.05, 3.63) is 0 Å². The molecule has 1 saturated heterocycles. The van der Waals surface area contributed by atoms with Crippen molar-refractivity contribution >= 4 is 0 Å². The first kappa shape index (κ1) is 12.0. The zero-order valence-electron chi connectivity index (χ0n) is 9.92. The van der Waals surface area contributed by atoms with Crippen LogP contribution in [0.15, 0.2) is 0 Å². The molecule has 1 rings (SSSR count). The molecule has 3 nitrogen and oxygen atoms in total. The number of likely N-dealkylation sites (N-methyl/N-ethyl adjacent to an activating group) is 1. The predicted octanol–water partition coefficient (Wildman–Crippen LogP) is 1.08. The van der Waals surface area contributed by atoms with Gasteiger partial charge in [0.2, 0.25) is 0 Å². The molecular weight excluding hydrogens is 176 g/mol. The van der Waals surface area contributed by atoms with Crippen LogP contribution in [-0.2, 0) is 4.74 Å². The van der Waals surface area contributed by atoms with Gasteiger partial charge in [-0.2, -0.15) is 0 Å². The highest BCUT2D eigenvalue weighted by molar-refractivity contribution is 4.95. The Morgan fingerprint density at radius 3 is 2.43 bits per heavy atom. The van der Waals surface area contributed by atoms with Gasteiger partial charge in [0.15, 0.2) is 0 Å². The smallest absolute Gasteiger partial charge is 0.0663 e. The van der Waals surface area contributed by atoms with E-state index in [9.17, 15) is 0 Å². The Labute approximate surface area is 87.6 Å². The molecule has 3 heteroatoms. The minimum absolute atomic E-state index is 0.0870. The molecular formula is C11H24N2O. The van der Waals surface area contributed by atoms with Crippen molar-refractivity contribution in [3.8, 4) is 0 Å². The van der Waals surface area contributed by atoms with Crippen molar-refractivity contribution in [2.45, 2.75) is 38.8 Å². The zero-order valence-corrected chi connectivity index (χ0v) is 9.92. The Morgan fingerprint density at radius 1 is 1.43 bits per heavy atom. The fraction of sp³-hybridized carbons (Fsp3) is 1.00. The molecule has 0 saturated carbocycles. The summed E-state index contributed by atoms with van der Waals surface area (Å²) in [6.45, 7) is 9.10. The van der Waals surface area contributed by atoms with Crippen LogP contribution in [0.1, 0.15) is 27.2 Å². The number of nitrogens with zero attached hydrogens (tertiary/aromatic N) is 1. The minimum Gasteiger partial charge on any atom is -0.379 e. The van der Waals surface area contributed by atoms with Crippen molar-refractivity contribution in [2.24, 2.45) is 11.7 Å². The van der Waals surface area contributed by atoms with Gasteiger partial charge < -0.3 is 10.5 Å². The van der Waals surface area contributed by atoms with Crippen molar-refractivity contribution in [1.29, 1.82) is 0 Å². The lowest BCUT2D eigenvalue weighted by Gasteiger charge is -2.42. The highest BCUT2D eigenvalue weighted by Gasteiger charge is 2.39. The topological polar surface area (TPSA) is 38.5 Å². The molecule has 1 fully saturated rings. The molecule has 0 aliphatic carbocycles. The second kappa shape index (κ2) is 4.60. The average Bonchev–Trinajstić information content (AvgIpc) is 2.64. The van der Waals surface area contributed by atoms with E-state index in [-0.39, 0.29) is 5.54 Å². The standard InChI is InChI=1S/C11H24N2O/c1-9(2)10(3)13(4)11(7-12)5-6-14-8-11/h9-10H,5-8,12H2,1-4H3. The lowest BCUT2D eigenvalue weighted by molar-refractivity contribution is 0.0487. The van der Waals surface area contributed by atoms with Gasteiger partial charge >= 0.3 is 0 Å². The van der Waals surface area contributed by atoms with E-state index < -0.39 is 0 Å². The van der Waals surface area contributed by atoms with Gasteiger partial charge in [-0.1, -0.05) is 13.8 Å². The van der Waals surface area contributed by atoms with E-state index >= 15 is 0 Å². The number of ether oxygens (including phenoxy) is 1. The summed E-state index contributed by atoms with van der Waals surface area (Å²) in [4.78, 5) is 2.41. The van der Waals surface area contributed by atoms with Crippen LogP contribution < -0.4 is 5.73 Å². The Balaban J connectivity index is 2.68. The van der Waals surface area contributed by atoms with Crippen molar-refractivity contribution in [2.75, 3.05) is 26.8 Å². The van der Waals surface area contributed by atoms with Gasteiger partial charge in [-0.15, -0.1) is 0 Å². The quantitative estimate of drug-likeness (QED) is 0.738. The Bertz CT molecular complexity index is 176. The van der Waals surface area contributed by atoms with E-state index in [2.05, 4.69) is 32.7 Å². The first-order valence-electron chi connectivity index (χ1n) is 5.54. The van der Waals surface area contributed by atoms with Gasteiger partial charge in [0, 0.05) is 19.2 Å². The molecule has 0 spiro atoms. The van der Waals surface area contributed by atoms with Gasteiger partial charge in [-0.3, -0.25) is 4.90 Å². The van der Waals surface area contributed by atoms with Crippen LogP contribution in [0.25, 0.3) is 0 Å². The SMILES string of the molecule is CC(C)C(C)N(C)C1(CN)CCOC1. The maximum absolute atomic E-state index is 5.89. The average molecular weight is 200 g/mol. The number of hydrogen-bond acceptors (Lipinski definition) is 3. The van der Waals surface area contributed by atoms with E-state index in [1.54, 1.807) is 0 Å². The Morgan fingerprint density at radius 2 is 2.07 bits per heavy atom. The van der Waals surface area contributed by atoms with Gasteiger partial charge in [0.05, 0.1) is 12.1 Å². The first-order chi connectivity index (χ1) is 6.53. The summed E-state index contributed by atoms with van der Waals surface area (Å²) in [7, 11) is 2.17. The molecule has 1 aliphatic rings. The highest BCUT2D eigenvalue weighted by atomic mass is 16.5. The highest BCUT2D eigenvalue weighted by Crippen LogP contribution is 2.27.